The van der Waals surface area contributed by atoms with Gasteiger partial charge in [-0.2, -0.15) is 0 Å². The standard InChI is InChI=1S/C14H17ClFNO2/c1-9-4-11(14(18)19)8-17(6-9)7-10-2-3-12(16)5-13(10)15/h2-3,5,9,11H,4,6-8H2,1H3,(H,18,19). The molecule has 0 spiro atoms. The lowest BCUT2D eigenvalue weighted by Gasteiger charge is -2.34. The van der Waals surface area contributed by atoms with Crippen molar-refractivity contribution in [1.29, 1.82) is 0 Å². The van der Waals surface area contributed by atoms with Crippen molar-refractivity contribution in [2.75, 3.05) is 13.1 Å². The Morgan fingerprint density at radius 2 is 2.26 bits per heavy atom. The van der Waals surface area contributed by atoms with Gasteiger partial charge < -0.3 is 5.11 Å². The Hall–Kier alpha value is -1.13. The number of hydrogen-bond donors (Lipinski definition) is 1. The number of halogens is 2. The summed E-state index contributed by atoms with van der Waals surface area (Å²) in [6.07, 6.45) is 0.711. The zero-order valence-corrected chi connectivity index (χ0v) is 11.5. The number of carbonyl (C=O) groups is 1. The molecule has 104 valence electrons. The third kappa shape index (κ3) is 3.67. The van der Waals surface area contributed by atoms with E-state index < -0.39 is 5.97 Å². The van der Waals surface area contributed by atoms with Gasteiger partial charge in [0.25, 0.3) is 0 Å². The highest BCUT2D eigenvalue weighted by atomic mass is 35.5. The number of benzene rings is 1. The van der Waals surface area contributed by atoms with Gasteiger partial charge in [-0.1, -0.05) is 24.6 Å². The molecule has 0 aromatic heterocycles. The van der Waals surface area contributed by atoms with Gasteiger partial charge >= 0.3 is 5.97 Å². The lowest BCUT2D eigenvalue weighted by molar-refractivity contribution is -0.144. The van der Waals surface area contributed by atoms with Gasteiger partial charge in [-0.15, -0.1) is 0 Å². The molecule has 1 saturated heterocycles. The van der Waals surface area contributed by atoms with Crippen LogP contribution in [0, 0.1) is 17.7 Å². The van der Waals surface area contributed by atoms with Gasteiger partial charge in [0.05, 0.1) is 5.92 Å². The summed E-state index contributed by atoms with van der Waals surface area (Å²) in [4.78, 5) is 13.2. The second-order valence-electron chi connectivity index (χ2n) is 5.31. The Balaban J connectivity index is 2.07. The molecular weight excluding hydrogens is 269 g/mol. The molecule has 0 saturated carbocycles. The summed E-state index contributed by atoms with van der Waals surface area (Å²) in [5, 5.41) is 9.52. The number of piperidine rings is 1. The molecule has 0 amide bonds. The van der Waals surface area contributed by atoms with Crippen LogP contribution in [0.5, 0.6) is 0 Å². The third-order valence-electron chi connectivity index (χ3n) is 3.49. The van der Waals surface area contributed by atoms with Crippen LogP contribution in [0.2, 0.25) is 5.02 Å². The van der Waals surface area contributed by atoms with Crippen LogP contribution in [-0.4, -0.2) is 29.1 Å². The Labute approximate surface area is 117 Å². The largest absolute Gasteiger partial charge is 0.481 e. The number of likely N-dealkylation sites (tertiary alicyclic amines) is 1. The Morgan fingerprint density at radius 1 is 1.53 bits per heavy atom. The van der Waals surface area contributed by atoms with Gasteiger partial charge in [-0.3, -0.25) is 9.69 Å². The van der Waals surface area contributed by atoms with E-state index in [1.165, 1.54) is 12.1 Å². The van der Waals surface area contributed by atoms with E-state index in [0.29, 0.717) is 30.5 Å². The minimum atomic E-state index is -0.748. The SMILES string of the molecule is CC1CC(C(=O)O)CN(Cc2ccc(F)cc2Cl)C1. The number of rotatable bonds is 3. The van der Waals surface area contributed by atoms with Crippen molar-refractivity contribution >= 4 is 17.6 Å². The minimum Gasteiger partial charge on any atom is -0.481 e. The number of aliphatic carboxylic acids is 1. The van der Waals surface area contributed by atoms with E-state index in [4.69, 9.17) is 16.7 Å². The fourth-order valence-electron chi connectivity index (χ4n) is 2.66. The Bertz CT molecular complexity index is 481. The zero-order valence-electron chi connectivity index (χ0n) is 10.8. The van der Waals surface area contributed by atoms with E-state index in [1.807, 2.05) is 6.92 Å². The number of carboxylic acids is 1. The van der Waals surface area contributed by atoms with E-state index in [9.17, 15) is 9.18 Å². The predicted octanol–water partition coefficient (Wildman–Crippen LogP) is 3.02. The summed E-state index contributed by atoms with van der Waals surface area (Å²) < 4.78 is 13.0. The Kier molecular flexibility index (Phi) is 4.42. The van der Waals surface area contributed by atoms with Gasteiger partial charge in [0.1, 0.15) is 5.82 Å². The average molecular weight is 286 g/mol. The minimum absolute atomic E-state index is 0.331. The third-order valence-corrected chi connectivity index (χ3v) is 3.85. The van der Waals surface area contributed by atoms with E-state index in [-0.39, 0.29) is 11.7 Å². The van der Waals surface area contributed by atoms with Crippen molar-refractivity contribution < 1.29 is 14.3 Å². The molecule has 1 aromatic carbocycles. The van der Waals surface area contributed by atoms with Crippen LogP contribution in [0.1, 0.15) is 18.9 Å². The molecule has 19 heavy (non-hydrogen) atoms. The van der Waals surface area contributed by atoms with Crippen molar-refractivity contribution in [2.45, 2.75) is 19.9 Å². The first-order chi connectivity index (χ1) is 8.95. The maximum absolute atomic E-state index is 13.0. The molecule has 2 unspecified atom stereocenters. The molecule has 1 N–H and O–H groups in total. The first-order valence-corrected chi connectivity index (χ1v) is 6.72. The molecule has 1 aromatic rings. The van der Waals surface area contributed by atoms with Crippen LogP contribution in [0.25, 0.3) is 0 Å². The summed E-state index contributed by atoms with van der Waals surface area (Å²) in [6, 6.07) is 4.33. The van der Waals surface area contributed by atoms with Crippen molar-refractivity contribution in [3.8, 4) is 0 Å². The molecule has 2 rings (SSSR count). The van der Waals surface area contributed by atoms with Gasteiger partial charge in [0.2, 0.25) is 0 Å². The lowest BCUT2D eigenvalue weighted by atomic mass is 9.90. The van der Waals surface area contributed by atoms with Crippen LogP contribution in [0.4, 0.5) is 4.39 Å². The number of carboxylic acid groups (broad SMARTS) is 1. The molecular formula is C14H17ClFNO2. The van der Waals surface area contributed by atoms with Crippen molar-refractivity contribution in [1.82, 2.24) is 4.90 Å². The Morgan fingerprint density at radius 3 is 2.89 bits per heavy atom. The molecule has 1 fully saturated rings. The first kappa shape index (κ1) is 14.3. The second-order valence-corrected chi connectivity index (χ2v) is 5.71. The highest BCUT2D eigenvalue weighted by Gasteiger charge is 2.29. The number of hydrogen-bond acceptors (Lipinski definition) is 2. The maximum Gasteiger partial charge on any atom is 0.307 e. The van der Waals surface area contributed by atoms with E-state index in [1.54, 1.807) is 6.07 Å². The maximum atomic E-state index is 13.0. The summed E-state index contributed by atoms with van der Waals surface area (Å²) in [7, 11) is 0. The molecule has 1 aliphatic rings. The normalized spacial score (nSPS) is 24.4. The summed E-state index contributed by atoms with van der Waals surface area (Å²) >= 11 is 6.00. The first-order valence-electron chi connectivity index (χ1n) is 6.34. The zero-order chi connectivity index (χ0) is 14.0. The van der Waals surface area contributed by atoms with Crippen molar-refractivity contribution in [3.63, 3.8) is 0 Å². The van der Waals surface area contributed by atoms with Crippen LogP contribution in [0.15, 0.2) is 18.2 Å². The quantitative estimate of drug-likeness (QED) is 0.928. The fraction of sp³-hybridized carbons (Fsp3) is 0.500. The molecule has 3 nitrogen and oxygen atoms in total. The highest BCUT2D eigenvalue weighted by molar-refractivity contribution is 6.31. The molecule has 0 radical (unpaired) electrons. The molecule has 1 heterocycles. The van der Waals surface area contributed by atoms with Gasteiger partial charge in [-0.25, -0.2) is 4.39 Å². The number of nitrogens with zero attached hydrogens (tertiary/aromatic N) is 1. The molecule has 0 aliphatic carbocycles. The lowest BCUT2D eigenvalue weighted by Crippen LogP contribution is -2.42. The van der Waals surface area contributed by atoms with Crippen LogP contribution in [0.3, 0.4) is 0 Å². The van der Waals surface area contributed by atoms with E-state index >= 15 is 0 Å². The smallest absolute Gasteiger partial charge is 0.307 e. The van der Waals surface area contributed by atoms with Crippen molar-refractivity contribution in [2.24, 2.45) is 11.8 Å². The summed E-state index contributed by atoms with van der Waals surface area (Å²) in [5.74, 6) is -1.09. The monoisotopic (exact) mass is 285 g/mol. The molecule has 0 bridgehead atoms. The van der Waals surface area contributed by atoms with Crippen LogP contribution in [-0.2, 0) is 11.3 Å². The van der Waals surface area contributed by atoms with Gasteiger partial charge in [0, 0.05) is 24.7 Å². The van der Waals surface area contributed by atoms with Crippen LogP contribution < -0.4 is 0 Å². The summed E-state index contributed by atoms with van der Waals surface area (Å²) in [5.41, 5.74) is 0.835. The molecule has 2 atom stereocenters. The van der Waals surface area contributed by atoms with Crippen LogP contribution >= 0.6 is 11.6 Å². The topological polar surface area (TPSA) is 40.5 Å². The highest BCUT2D eigenvalue weighted by Crippen LogP contribution is 2.25. The summed E-state index contributed by atoms with van der Waals surface area (Å²) in [6.45, 7) is 3.98. The molecule has 5 heteroatoms. The predicted molar refractivity (Wildman–Crippen MR) is 71.6 cm³/mol. The average Bonchev–Trinajstić information content (AvgIpc) is 2.32. The van der Waals surface area contributed by atoms with Crippen molar-refractivity contribution in [3.05, 3.63) is 34.6 Å². The van der Waals surface area contributed by atoms with Gasteiger partial charge in [-0.05, 0) is 30.0 Å². The van der Waals surface area contributed by atoms with E-state index in [0.717, 1.165) is 12.1 Å². The second kappa shape index (κ2) is 5.88. The fourth-order valence-corrected chi connectivity index (χ4v) is 2.89. The molecule has 1 aliphatic heterocycles. The van der Waals surface area contributed by atoms with Gasteiger partial charge in [0.15, 0.2) is 0 Å². The van der Waals surface area contributed by atoms with E-state index in [2.05, 4.69) is 4.90 Å².